The van der Waals surface area contributed by atoms with Gasteiger partial charge in [-0.25, -0.2) is 4.98 Å². The van der Waals surface area contributed by atoms with Gasteiger partial charge in [0.25, 0.3) is 0 Å². The third-order valence-electron chi connectivity index (χ3n) is 3.32. The lowest BCUT2D eigenvalue weighted by Gasteiger charge is -2.11. The molecule has 134 valence electrons. The molecule has 3 aromatic rings. The maximum absolute atomic E-state index is 5.32. The molecule has 0 fully saturated rings. The molecule has 0 aliphatic heterocycles. The number of H-pyrrole nitrogens is 1. The van der Waals surface area contributed by atoms with E-state index in [-0.39, 0.29) is 12.4 Å². The fraction of sp³-hybridized carbons (Fsp3) is 0.333. The van der Waals surface area contributed by atoms with Crippen molar-refractivity contribution in [3.8, 4) is 11.4 Å². The summed E-state index contributed by atoms with van der Waals surface area (Å²) in [5, 5.41) is 19.5. The first-order valence-corrected chi connectivity index (χ1v) is 8.44. The molecule has 2 aromatic heterocycles. The van der Waals surface area contributed by atoms with E-state index < -0.39 is 0 Å². The molecule has 0 bridgehead atoms. The van der Waals surface area contributed by atoms with Crippen LogP contribution in [0, 0.1) is 6.92 Å². The average Bonchev–Trinajstić information content (AvgIpc) is 3.19. The number of nitrogens with zero attached hydrogens (tertiary/aromatic N) is 5. The number of nitrogens with one attached hydrogen (secondary N) is 2. The van der Waals surface area contributed by atoms with Crippen molar-refractivity contribution in [3.05, 3.63) is 41.7 Å². The summed E-state index contributed by atoms with van der Waals surface area (Å²) < 4.78 is 7.34. The van der Waals surface area contributed by atoms with Gasteiger partial charge in [0.1, 0.15) is 11.6 Å². The van der Waals surface area contributed by atoms with Crippen molar-refractivity contribution in [2.24, 2.45) is 0 Å². The van der Waals surface area contributed by atoms with Crippen LogP contribution in [-0.2, 0) is 12.3 Å². The normalized spacial score (nSPS) is 10.5. The molecule has 2 heterocycles. The molecule has 0 saturated carbocycles. The highest BCUT2D eigenvalue weighted by Crippen LogP contribution is 2.26. The fourth-order valence-corrected chi connectivity index (χ4v) is 3.08. The Balaban J connectivity index is 0.00000225. The Labute approximate surface area is 156 Å². The highest BCUT2D eigenvalue weighted by atomic mass is 35.5. The second-order valence-electron chi connectivity index (χ2n) is 5.09. The molecule has 2 N–H and O–H groups in total. The standard InChI is InChI=1S/C15H19N7OS.ClH/c1-10-17-13(19-18-10)9-24-15-21-20-14(8-16-2)22(15)11-5-4-6-12(7-11)23-3;/h4-7,16H,8-9H2,1-3H3,(H,17,18,19);1H. The van der Waals surface area contributed by atoms with Gasteiger partial charge in [-0.1, -0.05) is 17.8 Å². The van der Waals surface area contributed by atoms with Crippen LogP contribution in [0.1, 0.15) is 17.5 Å². The van der Waals surface area contributed by atoms with E-state index in [0.29, 0.717) is 12.3 Å². The van der Waals surface area contributed by atoms with Gasteiger partial charge < -0.3 is 10.1 Å². The van der Waals surface area contributed by atoms with E-state index >= 15 is 0 Å². The quantitative estimate of drug-likeness (QED) is 0.605. The fourth-order valence-electron chi connectivity index (χ4n) is 2.26. The van der Waals surface area contributed by atoms with Crippen molar-refractivity contribution in [3.63, 3.8) is 0 Å². The van der Waals surface area contributed by atoms with Gasteiger partial charge in [0.05, 0.1) is 25.1 Å². The zero-order valence-corrected chi connectivity index (χ0v) is 15.8. The van der Waals surface area contributed by atoms with Crippen LogP contribution in [0.2, 0.25) is 0 Å². The topological polar surface area (TPSA) is 93.5 Å². The molecule has 0 saturated heterocycles. The van der Waals surface area contributed by atoms with Gasteiger partial charge in [-0.2, -0.15) is 5.10 Å². The molecular formula is C15H20ClN7OS. The Morgan fingerprint density at radius 2 is 2.16 bits per heavy atom. The van der Waals surface area contributed by atoms with Crippen LogP contribution in [0.15, 0.2) is 29.4 Å². The number of rotatable bonds is 7. The minimum Gasteiger partial charge on any atom is -0.497 e. The highest BCUT2D eigenvalue weighted by Gasteiger charge is 2.15. The Hall–Kier alpha value is -2.10. The molecule has 1 aromatic carbocycles. The number of methoxy groups -OCH3 is 1. The zero-order chi connectivity index (χ0) is 16.9. The summed E-state index contributed by atoms with van der Waals surface area (Å²) in [6.07, 6.45) is 0. The lowest BCUT2D eigenvalue weighted by molar-refractivity contribution is 0.414. The minimum atomic E-state index is 0. The van der Waals surface area contributed by atoms with E-state index in [1.165, 1.54) is 0 Å². The summed E-state index contributed by atoms with van der Waals surface area (Å²) in [7, 11) is 3.54. The number of ether oxygens (including phenoxy) is 1. The predicted molar refractivity (Wildman–Crippen MR) is 98.6 cm³/mol. The first kappa shape index (κ1) is 19.2. The summed E-state index contributed by atoms with van der Waals surface area (Å²) >= 11 is 1.54. The third-order valence-corrected chi connectivity index (χ3v) is 4.25. The third kappa shape index (κ3) is 4.50. The summed E-state index contributed by atoms with van der Waals surface area (Å²) in [4.78, 5) is 4.32. The summed E-state index contributed by atoms with van der Waals surface area (Å²) in [6, 6.07) is 7.83. The van der Waals surface area contributed by atoms with E-state index in [4.69, 9.17) is 4.74 Å². The summed E-state index contributed by atoms with van der Waals surface area (Å²) in [5.41, 5.74) is 0.957. The van der Waals surface area contributed by atoms with Gasteiger partial charge >= 0.3 is 0 Å². The van der Waals surface area contributed by atoms with Gasteiger partial charge in [-0.15, -0.1) is 22.6 Å². The molecule has 10 heteroatoms. The molecule has 0 spiro atoms. The Morgan fingerprint density at radius 3 is 2.84 bits per heavy atom. The number of benzene rings is 1. The van der Waals surface area contributed by atoms with Crippen molar-refractivity contribution < 1.29 is 4.74 Å². The van der Waals surface area contributed by atoms with Crippen LogP contribution in [0.5, 0.6) is 5.75 Å². The highest BCUT2D eigenvalue weighted by molar-refractivity contribution is 7.98. The second-order valence-corrected chi connectivity index (χ2v) is 6.03. The number of aryl methyl sites for hydroxylation is 1. The van der Waals surface area contributed by atoms with Gasteiger partial charge in [-0.3, -0.25) is 9.67 Å². The number of hydrogen-bond donors (Lipinski definition) is 2. The molecule has 0 atom stereocenters. The van der Waals surface area contributed by atoms with Crippen molar-refractivity contribution >= 4 is 24.2 Å². The van der Waals surface area contributed by atoms with Gasteiger partial charge in [0, 0.05) is 6.07 Å². The van der Waals surface area contributed by atoms with E-state index in [2.05, 4.69) is 30.7 Å². The van der Waals surface area contributed by atoms with Crippen LogP contribution >= 0.6 is 24.2 Å². The minimum absolute atomic E-state index is 0. The Morgan fingerprint density at radius 1 is 1.32 bits per heavy atom. The molecule has 8 nitrogen and oxygen atoms in total. The first-order valence-electron chi connectivity index (χ1n) is 7.45. The zero-order valence-electron chi connectivity index (χ0n) is 14.2. The van der Waals surface area contributed by atoms with Gasteiger partial charge in [0.15, 0.2) is 16.8 Å². The van der Waals surface area contributed by atoms with Crippen LogP contribution < -0.4 is 10.1 Å². The number of aromatic amines is 1. The number of thioether (sulfide) groups is 1. The van der Waals surface area contributed by atoms with E-state index in [9.17, 15) is 0 Å². The van der Waals surface area contributed by atoms with Crippen molar-refractivity contribution in [1.29, 1.82) is 0 Å². The molecule has 0 amide bonds. The molecule has 3 rings (SSSR count). The van der Waals surface area contributed by atoms with E-state index in [1.807, 2.05) is 42.8 Å². The first-order chi connectivity index (χ1) is 11.7. The Kier molecular flexibility index (Phi) is 6.80. The lowest BCUT2D eigenvalue weighted by atomic mass is 10.3. The number of hydrogen-bond acceptors (Lipinski definition) is 7. The van der Waals surface area contributed by atoms with Crippen LogP contribution in [-0.4, -0.2) is 44.1 Å². The molecular weight excluding hydrogens is 362 g/mol. The van der Waals surface area contributed by atoms with E-state index in [1.54, 1.807) is 18.9 Å². The maximum atomic E-state index is 5.32. The maximum Gasteiger partial charge on any atom is 0.196 e. The van der Waals surface area contributed by atoms with Crippen LogP contribution in [0.25, 0.3) is 5.69 Å². The van der Waals surface area contributed by atoms with Crippen LogP contribution in [0.4, 0.5) is 0 Å². The van der Waals surface area contributed by atoms with Gasteiger partial charge in [0.2, 0.25) is 0 Å². The molecule has 0 radical (unpaired) electrons. The molecule has 25 heavy (non-hydrogen) atoms. The van der Waals surface area contributed by atoms with Gasteiger partial charge in [-0.05, 0) is 26.1 Å². The number of aromatic nitrogens is 6. The Bertz CT molecular complexity index is 820. The van der Waals surface area contributed by atoms with Crippen LogP contribution in [0.3, 0.4) is 0 Å². The largest absolute Gasteiger partial charge is 0.497 e. The van der Waals surface area contributed by atoms with Crippen molar-refractivity contribution in [1.82, 2.24) is 35.3 Å². The summed E-state index contributed by atoms with van der Waals surface area (Å²) in [5.74, 6) is 3.78. The smallest absolute Gasteiger partial charge is 0.196 e. The average molecular weight is 382 g/mol. The van der Waals surface area contributed by atoms with E-state index in [0.717, 1.165) is 34.1 Å². The second kappa shape index (κ2) is 8.84. The lowest BCUT2D eigenvalue weighted by Crippen LogP contribution is -2.12. The molecule has 0 unspecified atom stereocenters. The summed E-state index contributed by atoms with van der Waals surface area (Å²) in [6.45, 7) is 2.50. The molecule has 0 aliphatic carbocycles. The molecule has 0 aliphatic rings. The number of halogens is 1. The van der Waals surface area contributed by atoms with Crippen molar-refractivity contribution in [2.45, 2.75) is 24.4 Å². The van der Waals surface area contributed by atoms with Crippen molar-refractivity contribution in [2.75, 3.05) is 14.2 Å². The predicted octanol–water partition coefficient (Wildman–Crippen LogP) is 2.14. The SMILES string of the molecule is CNCc1nnc(SCc2n[nH]c(C)n2)n1-c1cccc(OC)c1.Cl. The monoisotopic (exact) mass is 381 g/mol.